The third-order valence-electron chi connectivity index (χ3n) is 4.89. The summed E-state index contributed by atoms with van der Waals surface area (Å²) in [7, 11) is 0. The quantitative estimate of drug-likeness (QED) is 0.824. The molecule has 2 N–H and O–H groups in total. The summed E-state index contributed by atoms with van der Waals surface area (Å²) in [4.78, 5) is 11.9. The minimum atomic E-state index is -4.16. The van der Waals surface area contributed by atoms with Gasteiger partial charge in [0.1, 0.15) is 0 Å². The summed E-state index contributed by atoms with van der Waals surface area (Å²) < 4.78 is 43.9. The average Bonchev–Trinajstić information content (AvgIpc) is 3.00. The van der Waals surface area contributed by atoms with Gasteiger partial charge < -0.3 is 15.4 Å². The molecule has 0 aromatic heterocycles. The molecular weight excluding hydrogens is 285 g/mol. The molecule has 5 atom stereocenters. The van der Waals surface area contributed by atoms with Gasteiger partial charge in [0.05, 0.1) is 24.2 Å². The number of hydrogen-bond donors (Lipinski definition) is 2. The Balaban J connectivity index is 1.46. The fourth-order valence-corrected chi connectivity index (χ4v) is 3.80. The van der Waals surface area contributed by atoms with Crippen molar-refractivity contribution in [1.29, 1.82) is 0 Å². The summed E-state index contributed by atoms with van der Waals surface area (Å²) in [6.07, 6.45) is 0.256. The molecule has 21 heavy (non-hydrogen) atoms. The molecule has 3 aliphatic rings. The predicted molar refractivity (Wildman–Crippen MR) is 69.8 cm³/mol. The van der Waals surface area contributed by atoms with Crippen LogP contribution >= 0.6 is 0 Å². The van der Waals surface area contributed by atoms with Crippen molar-refractivity contribution in [2.45, 2.75) is 75.4 Å². The Morgan fingerprint density at radius 3 is 2.48 bits per heavy atom. The van der Waals surface area contributed by atoms with Crippen LogP contribution < -0.4 is 10.6 Å². The second-order valence-electron chi connectivity index (χ2n) is 6.44. The van der Waals surface area contributed by atoms with Gasteiger partial charge in [0, 0.05) is 6.04 Å². The molecule has 120 valence electrons. The normalized spacial score (nSPS) is 39.3. The number of alkyl halides is 3. The number of amides is 2. The van der Waals surface area contributed by atoms with Gasteiger partial charge in [-0.2, -0.15) is 13.2 Å². The number of hydrogen-bond acceptors (Lipinski definition) is 2. The minimum absolute atomic E-state index is 0.00533. The Labute approximate surface area is 121 Å². The smallest absolute Gasteiger partial charge is 0.373 e. The van der Waals surface area contributed by atoms with Crippen molar-refractivity contribution in [2.75, 3.05) is 0 Å². The van der Waals surface area contributed by atoms with Gasteiger partial charge in [-0.3, -0.25) is 0 Å². The Hall–Kier alpha value is -0.980. The van der Waals surface area contributed by atoms with Crippen LogP contribution in [0.2, 0.25) is 0 Å². The van der Waals surface area contributed by atoms with Crippen LogP contribution in [0.5, 0.6) is 0 Å². The monoisotopic (exact) mass is 306 g/mol. The Bertz CT molecular complexity index is 402. The first kappa shape index (κ1) is 14.9. The van der Waals surface area contributed by atoms with E-state index in [0.717, 1.165) is 19.3 Å². The number of ether oxygens (including phenoxy) is 1. The van der Waals surface area contributed by atoms with E-state index in [1.807, 2.05) is 0 Å². The Morgan fingerprint density at radius 2 is 1.86 bits per heavy atom. The number of halogens is 3. The van der Waals surface area contributed by atoms with Crippen LogP contribution in [-0.4, -0.2) is 36.5 Å². The molecule has 4 nitrogen and oxygen atoms in total. The lowest BCUT2D eigenvalue weighted by Crippen LogP contribution is -2.50. The summed E-state index contributed by atoms with van der Waals surface area (Å²) in [5, 5.41) is 5.56. The van der Waals surface area contributed by atoms with Gasteiger partial charge in [-0.1, -0.05) is 6.42 Å². The number of carbonyl (C=O) groups excluding carboxylic acids is 1. The van der Waals surface area contributed by atoms with Crippen molar-refractivity contribution in [3.05, 3.63) is 0 Å². The molecule has 0 spiro atoms. The van der Waals surface area contributed by atoms with Crippen LogP contribution in [0.15, 0.2) is 0 Å². The van der Waals surface area contributed by atoms with Crippen LogP contribution in [0.1, 0.15) is 44.9 Å². The maximum Gasteiger partial charge on any atom is 0.391 e. The second kappa shape index (κ2) is 5.66. The zero-order chi connectivity index (χ0) is 15.0. The molecule has 2 aliphatic heterocycles. The lowest BCUT2D eigenvalue weighted by molar-refractivity contribution is -0.183. The van der Waals surface area contributed by atoms with Crippen LogP contribution in [0.4, 0.5) is 18.0 Å². The second-order valence-corrected chi connectivity index (χ2v) is 6.44. The van der Waals surface area contributed by atoms with Crippen LogP contribution in [0, 0.1) is 5.92 Å². The molecule has 2 amide bonds. The topological polar surface area (TPSA) is 50.4 Å². The van der Waals surface area contributed by atoms with E-state index in [9.17, 15) is 18.0 Å². The first-order valence-electron chi connectivity index (χ1n) is 7.71. The highest BCUT2D eigenvalue weighted by atomic mass is 19.4. The third kappa shape index (κ3) is 3.44. The van der Waals surface area contributed by atoms with E-state index in [1.165, 1.54) is 0 Å². The zero-order valence-corrected chi connectivity index (χ0v) is 11.8. The van der Waals surface area contributed by atoms with Gasteiger partial charge in [0.25, 0.3) is 0 Å². The predicted octanol–water partition coefficient (Wildman–Crippen LogP) is 2.73. The largest absolute Gasteiger partial charge is 0.391 e. The molecule has 0 aromatic carbocycles. The van der Waals surface area contributed by atoms with Crippen molar-refractivity contribution in [1.82, 2.24) is 10.6 Å². The highest BCUT2D eigenvalue weighted by Crippen LogP contribution is 2.37. The molecule has 2 heterocycles. The number of urea groups is 1. The molecule has 0 radical (unpaired) electrons. The maximum absolute atomic E-state index is 12.7. The van der Waals surface area contributed by atoms with Crippen molar-refractivity contribution in [3.8, 4) is 0 Å². The fraction of sp³-hybridized carbons (Fsp3) is 0.929. The van der Waals surface area contributed by atoms with E-state index in [1.54, 1.807) is 0 Å². The van der Waals surface area contributed by atoms with Gasteiger partial charge in [-0.15, -0.1) is 0 Å². The SMILES string of the molecule is O=C(N[C@@H]1CCC[C@H](C(F)(F)F)C1)N[C@@H]1C[C@H]2CC[C@H]1O2. The van der Waals surface area contributed by atoms with E-state index in [4.69, 9.17) is 4.74 Å². The van der Waals surface area contributed by atoms with Gasteiger partial charge in [0.2, 0.25) is 0 Å². The van der Waals surface area contributed by atoms with Gasteiger partial charge in [-0.05, 0) is 38.5 Å². The van der Waals surface area contributed by atoms with Crippen molar-refractivity contribution >= 4 is 6.03 Å². The summed E-state index contributed by atoms with van der Waals surface area (Å²) >= 11 is 0. The standard InChI is InChI=1S/C14H21F3N2O2/c15-14(16,17)8-2-1-3-9(6-8)18-13(20)19-11-7-10-4-5-12(11)21-10/h8-12H,1-7H2,(H2,18,19,20)/t8-,9+,10+,11+,12+/m0/s1. The molecule has 2 bridgehead atoms. The van der Waals surface area contributed by atoms with Crippen LogP contribution in [-0.2, 0) is 4.74 Å². The van der Waals surface area contributed by atoms with Crippen LogP contribution in [0.25, 0.3) is 0 Å². The lowest BCUT2D eigenvalue weighted by Gasteiger charge is -2.31. The lowest BCUT2D eigenvalue weighted by atomic mass is 9.85. The molecule has 3 rings (SSSR count). The summed E-state index contributed by atoms with van der Waals surface area (Å²) in [6, 6.07) is -0.736. The molecular formula is C14H21F3N2O2. The summed E-state index contributed by atoms with van der Waals surface area (Å²) in [5.74, 6) is -1.29. The Kier molecular flexibility index (Phi) is 4.03. The fourth-order valence-electron chi connectivity index (χ4n) is 3.80. The maximum atomic E-state index is 12.7. The molecule has 3 fully saturated rings. The molecule has 0 unspecified atom stereocenters. The number of fused-ring (bicyclic) bond motifs is 2. The number of nitrogens with one attached hydrogen (secondary N) is 2. The summed E-state index contributed by atoms with van der Waals surface area (Å²) in [5.41, 5.74) is 0. The summed E-state index contributed by atoms with van der Waals surface area (Å²) in [6.45, 7) is 0. The van der Waals surface area contributed by atoms with E-state index < -0.39 is 12.1 Å². The highest BCUT2D eigenvalue weighted by molar-refractivity contribution is 5.74. The van der Waals surface area contributed by atoms with E-state index in [2.05, 4.69) is 10.6 Å². The number of rotatable bonds is 2. The molecule has 1 aliphatic carbocycles. The first-order valence-corrected chi connectivity index (χ1v) is 7.71. The van der Waals surface area contributed by atoms with Crippen LogP contribution in [0.3, 0.4) is 0 Å². The Morgan fingerprint density at radius 1 is 1.05 bits per heavy atom. The number of carbonyl (C=O) groups is 1. The van der Waals surface area contributed by atoms with E-state index >= 15 is 0 Å². The average molecular weight is 306 g/mol. The molecule has 7 heteroatoms. The van der Waals surface area contributed by atoms with Gasteiger partial charge in [-0.25, -0.2) is 4.79 Å². The van der Waals surface area contributed by atoms with Gasteiger partial charge >= 0.3 is 12.2 Å². The molecule has 0 aromatic rings. The van der Waals surface area contributed by atoms with Crippen molar-refractivity contribution < 1.29 is 22.7 Å². The molecule has 2 saturated heterocycles. The minimum Gasteiger partial charge on any atom is -0.373 e. The zero-order valence-electron chi connectivity index (χ0n) is 11.8. The third-order valence-corrected chi connectivity index (χ3v) is 4.89. The van der Waals surface area contributed by atoms with E-state index in [-0.39, 0.29) is 43.2 Å². The highest BCUT2D eigenvalue weighted by Gasteiger charge is 2.43. The van der Waals surface area contributed by atoms with Crippen molar-refractivity contribution in [2.24, 2.45) is 5.92 Å². The first-order chi connectivity index (χ1) is 9.91. The molecule has 1 saturated carbocycles. The van der Waals surface area contributed by atoms with E-state index in [0.29, 0.717) is 12.8 Å². The van der Waals surface area contributed by atoms with Gasteiger partial charge in [0.15, 0.2) is 0 Å². The van der Waals surface area contributed by atoms with Crippen molar-refractivity contribution in [3.63, 3.8) is 0 Å².